The van der Waals surface area contributed by atoms with Gasteiger partial charge in [-0.2, -0.15) is 0 Å². The van der Waals surface area contributed by atoms with Crippen LogP contribution in [0, 0.1) is 11.3 Å². The van der Waals surface area contributed by atoms with Crippen molar-refractivity contribution >= 4 is 22.2 Å². The highest BCUT2D eigenvalue weighted by molar-refractivity contribution is 7.09. The smallest absolute Gasteiger partial charge is 0.0969 e. The lowest BCUT2D eigenvalue weighted by Gasteiger charge is -2.57. The molecule has 13 nitrogen and oxygen atoms in total. The number of hydrogen-bond acceptors (Lipinski definition) is 13. The maximum Gasteiger partial charge on any atom is 0.0969 e. The Labute approximate surface area is 441 Å². The van der Waals surface area contributed by atoms with Crippen LogP contribution in [0.4, 0.5) is 0 Å². The number of nitrogens with zero attached hydrogens (tertiary/aromatic N) is 6. The van der Waals surface area contributed by atoms with Crippen molar-refractivity contribution in [2.75, 3.05) is 68.6 Å². The second-order valence-electron chi connectivity index (χ2n) is 18.9. The van der Waals surface area contributed by atoms with Gasteiger partial charge in [-0.05, 0) is 122 Å². The van der Waals surface area contributed by atoms with Gasteiger partial charge in [-0.1, -0.05) is 79.5 Å². The summed E-state index contributed by atoms with van der Waals surface area (Å²) in [7, 11) is 10.8. The maximum atomic E-state index is 5.76. The Morgan fingerprint density at radius 3 is 2.21 bits per heavy atom. The highest BCUT2D eigenvalue weighted by Crippen LogP contribution is 2.42. The Hall–Kier alpha value is -5.06. The SMILES string of the molecule is C=C.C=CC(=C)N1C2CC1CN(C)C2.C=CN(C)C(C(=C)N)C(C)C.C=COCC(C)(C)Cc1c(-c2cccnc2C(C)OC)n(CC)c2ccc(-c3csc(CCCCCCNNC)n3)cc12.CN.CN. The summed E-state index contributed by atoms with van der Waals surface area (Å²) in [6.07, 6.45) is 14.9. The Kier molecular flexibility index (Phi) is 31.0. The summed E-state index contributed by atoms with van der Waals surface area (Å²) < 4.78 is 13.9. The number of ether oxygens (including phenoxy) is 2. The first kappa shape index (κ1) is 65.0. The first-order valence-corrected chi connectivity index (χ1v) is 26.4. The molecule has 0 saturated carbocycles. The molecule has 4 aromatic rings. The van der Waals surface area contributed by atoms with Crippen LogP contribution in [0.1, 0.15) is 96.0 Å². The van der Waals surface area contributed by atoms with Gasteiger partial charge in [0.1, 0.15) is 0 Å². The van der Waals surface area contributed by atoms with Crippen molar-refractivity contribution < 1.29 is 9.47 Å². The Balaban J connectivity index is 0.000000723. The lowest BCUT2D eigenvalue weighted by Crippen LogP contribution is -2.66. The summed E-state index contributed by atoms with van der Waals surface area (Å²) in [6, 6.07) is 12.7. The Morgan fingerprint density at radius 2 is 1.67 bits per heavy atom. The quantitative estimate of drug-likeness (QED) is 0.0149. The number of pyridine rings is 1. The molecule has 0 spiro atoms. The van der Waals surface area contributed by atoms with E-state index in [-0.39, 0.29) is 17.6 Å². The third-order valence-electron chi connectivity index (χ3n) is 12.7. The van der Waals surface area contributed by atoms with Gasteiger partial charge in [0.05, 0.1) is 47.1 Å². The maximum absolute atomic E-state index is 5.76. The minimum absolute atomic E-state index is 0.113. The highest BCUT2D eigenvalue weighted by atomic mass is 32.1. The van der Waals surface area contributed by atoms with E-state index in [0.29, 0.717) is 30.3 Å². The molecule has 8 N–H and O–H groups in total. The lowest BCUT2D eigenvalue weighted by atomic mass is 9.84. The standard InChI is InChI=1S/C35H49N5O2S.C10H16N2.C9H18N2.C2H4.2CH5N/c1-8-40-31-18-17-26(30-23-43-32(39-30)16-12-10-11-13-20-38-36-6)21-28(31)29(22-35(4,5)24-42-9-2)34(40)27-15-14-19-37-33(27)25(3)41-7;1-4-8(2)12-9-5-10(12)7-11(3)6-9;1-6-11(5)9(7(2)3)8(4)10;3*1-2/h9,14-15,17-19,21,23,25,36,38H,2,8,10-13,16,20,22,24H2,1,3-7H3;4,9-10H,1-2,5-7H2,3H3;6-7,9H,1,4,10H2,2-3,5H3;1-2H2;2*2H2,1H3. The summed E-state index contributed by atoms with van der Waals surface area (Å²) in [6.45, 7) is 42.7. The van der Waals surface area contributed by atoms with Gasteiger partial charge < -0.3 is 45.9 Å². The van der Waals surface area contributed by atoms with Crippen LogP contribution in [0.15, 0.2) is 118 Å². The molecular weight excluding hydrogens is 915 g/mol. The van der Waals surface area contributed by atoms with Crippen LogP contribution in [-0.2, 0) is 28.9 Å². The van der Waals surface area contributed by atoms with Gasteiger partial charge in [0.25, 0.3) is 0 Å². The van der Waals surface area contributed by atoms with Crippen LogP contribution in [0.25, 0.3) is 33.4 Å². The average Bonchev–Trinajstić information content (AvgIpc) is 3.98. The molecule has 402 valence electrons. The van der Waals surface area contributed by atoms with E-state index in [1.165, 1.54) is 92.7 Å². The van der Waals surface area contributed by atoms with E-state index < -0.39 is 0 Å². The molecule has 3 saturated heterocycles. The molecule has 14 heteroatoms. The summed E-state index contributed by atoms with van der Waals surface area (Å²) >= 11 is 1.78. The number of benzene rings is 1. The first-order valence-electron chi connectivity index (χ1n) is 25.5. The number of aromatic nitrogens is 3. The average molecular weight is 1010 g/mol. The molecule has 72 heavy (non-hydrogen) atoms. The minimum atomic E-state index is -0.126. The molecule has 3 aromatic heterocycles. The fourth-order valence-corrected chi connectivity index (χ4v) is 10.3. The summed E-state index contributed by atoms with van der Waals surface area (Å²) in [5.74, 6) is 0.468. The predicted octanol–water partition coefficient (Wildman–Crippen LogP) is 10.7. The number of nitrogens with one attached hydrogen (secondary N) is 2. The topological polar surface area (TPSA) is 161 Å². The Morgan fingerprint density at radius 1 is 1.01 bits per heavy atom. The van der Waals surface area contributed by atoms with Crippen molar-refractivity contribution in [3.8, 4) is 22.5 Å². The Bertz CT molecular complexity index is 2200. The third kappa shape index (κ3) is 18.8. The van der Waals surface area contributed by atoms with Crippen molar-refractivity contribution in [3.05, 3.63) is 134 Å². The highest BCUT2D eigenvalue weighted by Gasteiger charge is 2.43. The number of likely N-dealkylation sites (N-methyl/N-ethyl adjacent to an activating group) is 2. The fourth-order valence-electron chi connectivity index (χ4n) is 9.46. The van der Waals surface area contributed by atoms with E-state index in [9.17, 15) is 0 Å². The fraction of sp³-hybridized carbons (Fsp3) is 0.517. The van der Waals surface area contributed by atoms with Crippen LogP contribution < -0.4 is 28.1 Å². The molecular formula is C58H97N11O2S. The van der Waals surface area contributed by atoms with E-state index in [0.717, 1.165) is 54.1 Å². The second-order valence-corrected chi connectivity index (χ2v) is 19.8. The number of methoxy groups -OCH3 is 1. The number of unbranched alkanes of at least 4 members (excludes halogenated alkanes) is 3. The van der Waals surface area contributed by atoms with Crippen LogP contribution in [0.3, 0.4) is 0 Å². The molecule has 3 aliphatic heterocycles. The number of hydrogen-bond donors (Lipinski definition) is 5. The monoisotopic (exact) mass is 1010 g/mol. The van der Waals surface area contributed by atoms with E-state index in [1.54, 1.807) is 24.6 Å². The van der Waals surface area contributed by atoms with Gasteiger partial charge >= 0.3 is 0 Å². The molecule has 2 bridgehead atoms. The third-order valence-corrected chi connectivity index (χ3v) is 13.6. The molecule has 0 radical (unpaired) electrons. The molecule has 3 fully saturated rings. The summed E-state index contributed by atoms with van der Waals surface area (Å²) in [4.78, 5) is 16.6. The van der Waals surface area contributed by atoms with Crippen LogP contribution in [0.5, 0.6) is 0 Å². The second kappa shape index (κ2) is 34.4. The molecule has 4 unspecified atom stereocenters. The normalized spacial score (nSPS) is 15.4. The minimum Gasteiger partial charge on any atom is -0.501 e. The number of rotatable bonds is 24. The van der Waals surface area contributed by atoms with Gasteiger partial charge in [0, 0.05) is 103 Å². The van der Waals surface area contributed by atoms with Gasteiger partial charge in [0.2, 0.25) is 0 Å². The molecule has 1 aromatic carbocycles. The largest absolute Gasteiger partial charge is 0.501 e. The molecule has 0 amide bonds. The number of aryl methyl sites for hydroxylation is 2. The van der Waals surface area contributed by atoms with Crippen LogP contribution >= 0.6 is 11.3 Å². The molecule has 3 aliphatic rings. The number of nitrogens with two attached hydrogens (primary N) is 3. The van der Waals surface area contributed by atoms with Crippen molar-refractivity contribution in [2.45, 2.75) is 117 Å². The summed E-state index contributed by atoms with van der Waals surface area (Å²) in [5, 5.41) is 4.68. The zero-order valence-corrected chi connectivity index (χ0v) is 47.6. The number of piperidine rings is 1. The number of allylic oxidation sites excluding steroid dienone is 1. The van der Waals surface area contributed by atoms with Crippen molar-refractivity contribution in [3.63, 3.8) is 0 Å². The van der Waals surface area contributed by atoms with E-state index in [1.807, 2.05) is 37.3 Å². The zero-order chi connectivity index (χ0) is 54.6. The van der Waals surface area contributed by atoms with E-state index >= 15 is 0 Å². The van der Waals surface area contributed by atoms with E-state index in [2.05, 4.69) is 161 Å². The van der Waals surface area contributed by atoms with Crippen LogP contribution in [0.2, 0.25) is 0 Å². The van der Waals surface area contributed by atoms with Gasteiger partial charge in [0.15, 0.2) is 0 Å². The number of hydrazine groups is 1. The zero-order valence-electron chi connectivity index (χ0n) is 46.7. The lowest BCUT2D eigenvalue weighted by molar-refractivity contribution is -0.0307. The first-order chi connectivity index (χ1) is 34.6. The van der Waals surface area contributed by atoms with Crippen LogP contribution in [-0.4, -0.2) is 116 Å². The molecule has 4 atom stereocenters. The summed E-state index contributed by atoms with van der Waals surface area (Å²) in [5.41, 5.74) is 30.5. The van der Waals surface area contributed by atoms with Crippen molar-refractivity contribution in [1.29, 1.82) is 0 Å². The van der Waals surface area contributed by atoms with Crippen molar-refractivity contribution in [1.82, 2.24) is 40.1 Å². The van der Waals surface area contributed by atoms with Crippen molar-refractivity contribution in [2.24, 2.45) is 28.5 Å². The molecule has 0 aliphatic carbocycles. The number of piperazine rings is 1. The number of fused-ring (bicyclic) bond motifs is 3. The number of thiazole rings is 1. The van der Waals surface area contributed by atoms with Gasteiger partial charge in [-0.25, -0.2) is 4.98 Å². The molecule has 7 rings (SSSR count). The van der Waals surface area contributed by atoms with E-state index in [4.69, 9.17) is 25.2 Å². The molecule has 6 heterocycles. The van der Waals surface area contributed by atoms with Gasteiger partial charge in [-0.15, -0.1) is 24.5 Å². The predicted molar refractivity (Wildman–Crippen MR) is 312 cm³/mol. The van der Waals surface area contributed by atoms with Gasteiger partial charge in [-0.3, -0.25) is 15.8 Å².